The number of pyridine rings is 1. The lowest BCUT2D eigenvalue weighted by molar-refractivity contribution is -0.127. The van der Waals surface area contributed by atoms with Gasteiger partial charge in [-0.15, -0.1) is 0 Å². The van der Waals surface area contributed by atoms with Gasteiger partial charge in [0.05, 0.1) is 26.5 Å². The summed E-state index contributed by atoms with van der Waals surface area (Å²) in [5, 5.41) is 3.49. The number of hydrogen-bond donors (Lipinski definition) is 1. The topological polar surface area (TPSA) is 116 Å². The van der Waals surface area contributed by atoms with Crippen LogP contribution in [0, 0.1) is 0 Å². The molecule has 1 N–H and O–H groups in total. The van der Waals surface area contributed by atoms with Crippen LogP contribution in [0.4, 0.5) is 27.9 Å². The fraction of sp³-hybridized carbons (Fsp3) is 0.367. The van der Waals surface area contributed by atoms with Gasteiger partial charge in [-0.05, 0) is 39.1 Å². The van der Waals surface area contributed by atoms with Gasteiger partial charge >= 0.3 is 6.03 Å². The minimum absolute atomic E-state index is 0.0336. The molecule has 1 aromatic carbocycles. The van der Waals surface area contributed by atoms with Gasteiger partial charge in [0.15, 0.2) is 0 Å². The predicted molar refractivity (Wildman–Crippen MR) is 165 cm³/mol. The van der Waals surface area contributed by atoms with E-state index in [0.717, 1.165) is 11.3 Å². The number of fused-ring (bicyclic) bond motifs is 1. The molecule has 1 fully saturated rings. The van der Waals surface area contributed by atoms with Crippen molar-refractivity contribution in [3.8, 4) is 11.5 Å². The number of methoxy groups -OCH3 is 2. The van der Waals surface area contributed by atoms with E-state index in [1.807, 2.05) is 42.1 Å². The standard InChI is InChI=1S/C30H35ClN8O4/c1-36(2)13-5-6-26(40)37-14-9-22(10-15-37)39-28-20(18-33-29(35-28)34-21-7-11-32-12-8-21)19-38(30(39)41)24-16-23(42-3)17-25(43-4)27(24)31/h5-8,11-12,16-18,22H,9-10,13-15,19H2,1-4H3,(H,32,33,34,35)/b6-5+. The summed E-state index contributed by atoms with van der Waals surface area (Å²) >= 11 is 6.73. The molecular weight excluding hydrogens is 572 g/mol. The summed E-state index contributed by atoms with van der Waals surface area (Å²) < 4.78 is 10.9. The molecule has 3 amide bonds. The van der Waals surface area contributed by atoms with Crippen molar-refractivity contribution in [2.45, 2.75) is 25.4 Å². The van der Waals surface area contributed by atoms with Crippen LogP contribution in [0.25, 0.3) is 0 Å². The first-order chi connectivity index (χ1) is 20.8. The van der Waals surface area contributed by atoms with E-state index in [0.29, 0.717) is 66.5 Å². The van der Waals surface area contributed by atoms with Crippen LogP contribution in [0.2, 0.25) is 5.02 Å². The number of urea groups is 1. The highest BCUT2D eigenvalue weighted by Crippen LogP contribution is 2.42. The smallest absolute Gasteiger partial charge is 0.330 e. The fourth-order valence-corrected chi connectivity index (χ4v) is 5.44. The van der Waals surface area contributed by atoms with Crippen molar-refractivity contribution < 1.29 is 19.1 Å². The van der Waals surface area contributed by atoms with Crippen LogP contribution >= 0.6 is 11.6 Å². The average Bonchev–Trinajstić information content (AvgIpc) is 3.01. The second-order valence-corrected chi connectivity index (χ2v) is 10.9. The molecule has 13 heteroatoms. The van der Waals surface area contributed by atoms with E-state index >= 15 is 0 Å². The number of aromatic nitrogens is 3. The van der Waals surface area contributed by atoms with Gasteiger partial charge in [0, 0.05) is 73.7 Å². The summed E-state index contributed by atoms with van der Waals surface area (Å²) in [7, 11) is 6.96. The molecule has 2 aliphatic heterocycles. The van der Waals surface area contributed by atoms with Gasteiger partial charge in [-0.2, -0.15) is 4.98 Å². The Morgan fingerprint density at radius 1 is 1.16 bits per heavy atom. The minimum atomic E-state index is -0.283. The highest BCUT2D eigenvalue weighted by Gasteiger charge is 2.40. The second-order valence-electron chi connectivity index (χ2n) is 10.5. The number of hydrogen-bond acceptors (Lipinski definition) is 9. The number of nitrogens with one attached hydrogen (secondary N) is 1. The quantitative estimate of drug-likeness (QED) is 0.355. The molecule has 2 aromatic heterocycles. The number of halogens is 1. The molecule has 0 unspecified atom stereocenters. The molecule has 3 aromatic rings. The largest absolute Gasteiger partial charge is 0.497 e. The summed E-state index contributed by atoms with van der Waals surface area (Å²) in [6, 6.07) is 6.52. The number of likely N-dealkylation sites (tertiary alicyclic amines) is 1. The number of nitrogens with zero attached hydrogens (tertiary/aromatic N) is 7. The number of likely N-dealkylation sites (N-methyl/N-ethyl adjacent to an activating group) is 1. The number of rotatable bonds is 9. The predicted octanol–water partition coefficient (Wildman–Crippen LogP) is 4.34. The Morgan fingerprint density at radius 2 is 1.91 bits per heavy atom. The van der Waals surface area contributed by atoms with Crippen LogP contribution in [-0.4, -0.2) is 90.7 Å². The maximum atomic E-state index is 14.4. The van der Waals surface area contributed by atoms with Crippen molar-refractivity contribution in [3.63, 3.8) is 0 Å². The lowest BCUT2D eigenvalue weighted by Crippen LogP contribution is -2.55. The number of carbonyl (C=O) groups excluding carboxylic acids is 2. The monoisotopic (exact) mass is 606 g/mol. The van der Waals surface area contributed by atoms with E-state index in [9.17, 15) is 9.59 Å². The van der Waals surface area contributed by atoms with Gasteiger partial charge in [0.2, 0.25) is 11.9 Å². The molecule has 5 rings (SSSR count). The van der Waals surface area contributed by atoms with Crippen LogP contribution in [0.5, 0.6) is 11.5 Å². The number of amides is 3. The third-order valence-electron chi connectivity index (χ3n) is 7.38. The Bertz CT molecular complexity index is 1490. The maximum absolute atomic E-state index is 14.4. The van der Waals surface area contributed by atoms with Gasteiger partial charge in [-0.1, -0.05) is 17.7 Å². The summed E-state index contributed by atoms with van der Waals surface area (Å²) in [6.45, 7) is 1.90. The number of benzene rings is 1. The van der Waals surface area contributed by atoms with Crippen LogP contribution in [0.1, 0.15) is 18.4 Å². The molecule has 0 aliphatic carbocycles. The van der Waals surface area contributed by atoms with E-state index in [4.69, 9.17) is 26.1 Å². The highest BCUT2D eigenvalue weighted by molar-refractivity contribution is 6.35. The van der Waals surface area contributed by atoms with Crippen LogP contribution in [0.3, 0.4) is 0 Å². The van der Waals surface area contributed by atoms with E-state index in [-0.39, 0.29) is 24.5 Å². The molecule has 43 heavy (non-hydrogen) atoms. The van der Waals surface area contributed by atoms with Crippen molar-refractivity contribution in [2.24, 2.45) is 0 Å². The first-order valence-corrected chi connectivity index (χ1v) is 14.3. The molecule has 0 spiro atoms. The third-order valence-corrected chi connectivity index (χ3v) is 7.76. The zero-order valence-electron chi connectivity index (χ0n) is 24.7. The van der Waals surface area contributed by atoms with Crippen molar-refractivity contribution in [1.82, 2.24) is 24.8 Å². The van der Waals surface area contributed by atoms with Crippen molar-refractivity contribution >= 4 is 46.7 Å². The summed E-state index contributed by atoms with van der Waals surface area (Å²) in [4.78, 5) is 47.7. The van der Waals surface area contributed by atoms with Gasteiger partial charge in [-0.25, -0.2) is 9.78 Å². The summed E-state index contributed by atoms with van der Waals surface area (Å²) in [5.41, 5.74) is 1.98. The Labute approximate surface area is 255 Å². The minimum Gasteiger partial charge on any atom is -0.497 e. The van der Waals surface area contributed by atoms with Gasteiger partial charge in [-0.3, -0.25) is 19.6 Å². The number of piperidine rings is 1. The van der Waals surface area contributed by atoms with Gasteiger partial charge < -0.3 is 24.6 Å². The fourth-order valence-electron chi connectivity index (χ4n) is 5.15. The van der Waals surface area contributed by atoms with E-state index in [1.54, 1.807) is 53.7 Å². The van der Waals surface area contributed by atoms with E-state index < -0.39 is 0 Å². The molecule has 2 aliphatic rings. The molecule has 0 radical (unpaired) electrons. The summed E-state index contributed by atoms with van der Waals surface area (Å²) in [5.74, 6) is 1.74. The van der Waals surface area contributed by atoms with Crippen molar-refractivity contribution in [3.05, 3.63) is 65.6 Å². The van der Waals surface area contributed by atoms with Gasteiger partial charge in [0.1, 0.15) is 22.3 Å². The van der Waals surface area contributed by atoms with Crippen LogP contribution < -0.4 is 24.6 Å². The van der Waals surface area contributed by atoms with Gasteiger partial charge in [0.25, 0.3) is 0 Å². The number of ether oxygens (including phenoxy) is 2. The molecular formula is C30H35ClN8O4. The molecule has 226 valence electrons. The average molecular weight is 607 g/mol. The normalized spacial score (nSPS) is 15.7. The van der Waals surface area contributed by atoms with Crippen molar-refractivity contribution in [2.75, 3.05) is 63.1 Å². The zero-order valence-corrected chi connectivity index (χ0v) is 25.4. The second kappa shape index (κ2) is 13.3. The Balaban J connectivity index is 1.47. The molecule has 4 heterocycles. The molecule has 0 atom stereocenters. The lowest BCUT2D eigenvalue weighted by atomic mass is 10.0. The van der Waals surface area contributed by atoms with Crippen LogP contribution in [-0.2, 0) is 11.3 Å². The molecule has 0 saturated carbocycles. The SMILES string of the molecule is COc1cc(OC)c(Cl)c(N2Cc3cnc(Nc4ccncc4)nc3N(C3CCN(C(=O)/C=C/CN(C)C)CC3)C2=O)c1. The lowest BCUT2D eigenvalue weighted by Gasteiger charge is -2.43. The zero-order chi connectivity index (χ0) is 30.5. The van der Waals surface area contributed by atoms with E-state index in [1.165, 1.54) is 7.11 Å². The van der Waals surface area contributed by atoms with Crippen molar-refractivity contribution in [1.29, 1.82) is 0 Å². The first kappa shape index (κ1) is 30.1. The van der Waals surface area contributed by atoms with Crippen LogP contribution in [0.15, 0.2) is 55.0 Å². The number of carbonyl (C=O) groups is 2. The maximum Gasteiger partial charge on any atom is 0.330 e. The Morgan fingerprint density at radius 3 is 2.58 bits per heavy atom. The Kier molecular flexibility index (Phi) is 9.27. The molecule has 0 bridgehead atoms. The first-order valence-electron chi connectivity index (χ1n) is 13.9. The molecule has 12 nitrogen and oxygen atoms in total. The summed E-state index contributed by atoms with van der Waals surface area (Å²) in [6.07, 6.45) is 9.70. The Hall–Kier alpha value is -4.42. The third kappa shape index (κ3) is 6.65. The van der Waals surface area contributed by atoms with E-state index in [2.05, 4.69) is 15.3 Å². The molecule has 1 saturated heterocycles. The number of anilines is 4. The highest BCUT2D eigenvalue weighted by atomic mass is 35.5.